The van der Waals surface area contributed by atoms with Crippen LogP contribution in [0.2, 0.25) is 10.0 Å². The Morgan fingerprint density at radius 2 is 1.67 bits per heavy atom. The van der Waals surface area contributed by atoms with Gasteiger partial charge < -0.3 is 10.1 Å². The van der Waals surface area contributed by atoms with E-state index in [1.54, 1.807) is 42.5 Å². The monoisotopic (exact) mass is 603 g/mol. The fourth-order valence-corrected chi connectivity index (χ4v) is 6.43. The first-order valence-corrected chi connectivity index (χ1v) is 15.1. The number of nitrogens with zero attached hydrogens (tertiary/aromatic N) is 4. The fourth-order valence-electron chi connectivity index (χ4n) is 3.97. The second-order valence-electron chi connectivity index (χ2n) is 8.48. The number of para-hydroxylation sites is 1. The molecule has 0 bridgehead atoms. The summed E-state index contributed by atoms with van der Waals surface area (Å²) < 4.78 is 34.6. The number of hydrogen-bond donors (Lipinski definition) is 1. The summed E-state index contributed by atoms with van der Waals surface area (Å²) in [4.78, 5) is 12.8. The molecule has 0 aliphatic carbocycles. The van der Waals surface area contributed by atoms with Gasteiger partial charge in [0.1, 0.15) is 0 Å². The molecule has 4 aromatic rings. The zero-order valence-corrected chi connectivity index (χ0v) is 23.6. The Kier molecular flexibility index (Phi) is 8.55. The van der Waals surface area contributed by atoms with Crippen LogP contribution in [0.5, 0.6) is 0 Å². The highest BCUT2D eigenvalue weighted by Gasteiger charge is 2.26. The third-order valence-electron chi connectivity index (χ3n) is 5.90. The molecule has 1 aliphatic heterocycles. The third-order valence-corrected chi connectivity index (χ3v) is 9.48. The van der Waals surface area contributed by atoms with Crippen LogP contribution >= 0.6 is 35.0 Å². The van der Waals surface area contributed by atoms with Gasteiger partial charge in [0.05, 0.1) is 33.9 Å². The maximum Gasteiger partial charge on any atom is 0.243 e. The van der Waals surface area contributed by atoms with Crippen molar-refractivity contribution in [1.82, 2.24) is 19.1 Å². The first-order chi connectivity index (χ1) is 18.8. The molecule has 0 atom stereocenters. The van der Waals surface area contributed by atoms with E-state index in [9.17, 15) is 13.2 Å². The SMILES string of the molecule is O=C(CSc1nnc(-c2ccc(S(=O)(=O)N3CCOCC3)cc2)n1-c1ccccc1)Nc1ccc(Cl)c(Cl)c1. The molecule has 1 fully saturated rings. The summed E-state index contributed by atoms with van der Waals surface area (Å²) in [6, 6.07) is 20.9. The summed E-state index contributed by atoms with van der Waals surface area (Å²) in [7, 11) is -3.62. The average molecular weight is 605 g/mol. The molecule has 1 N–H and O–H groups in total. The number of nitrogens with one attached hydrogen (secondary N) is 1. The molecule has 202 valence electrons. The van der Waals surface area contributed by atoms with Crippen molar-refractivity contribution >= 4 is 56.6 Å². The number of sulfonamides is 1. The number of halogens is 2. The van der Waals surface area contributed by atoms with E-state index < -0.39 is 10.0 Å². The summed E-state index contributed by atoms with van der Waals surface area (Å²) in [5.74, 6) is 0.339. The minimum atomic E-state index is -3.62. The second kappa shape index (κ2) is 12.1. The van der Waals surface area contributed by atoms with Crippen molar-refractivity contribution < 1.29 is 17.9 Å². The van der Waals surface area contributed by atoms with E-state index in [0.29, 0.717) is 58.6 Å². The van der Waals surface area contributed by atoms with Gasteiger partial charge >= 0.3 is 0 Å². The molecule has 1 aliphatic rings. The van der Waals surface area contributed by atoms with E-state index in [2.05, 4.69) is 15.5 Å². The Balaban J connectivity index is 1.38. The Hall–Kier alpha value is -2.93. The zero-order chi connectivity index (χ0) is 27.4. The number of carbonyl (C=O) groups is 1. The maximum absolute atomic E-state index is 13.0. The molecular weight excluding hydrogens is 581 g/mol. The van der Waals surface area contributed by atoms with Crippen molar-refractivity contribution in [3.8, 4) is 17.1 Å². The van der Waals surface area contributed by atoms with E-state index in [4.69, 9.17) is 27.9 Å². The molecule has 0 radical (unpaired) electrons. The number of rotatable bonds is 8. The number of morpholine rings is 1. The van der Waals surface area contributed by atoms with Crippen molar-refractivity contribution in [2.45, 2.75) is 10.1 Å². The van der Waals surface area contributed by atoms with Crippen LogP contribution in [0.25, 0.3) is 17.1 Å². The molecule has 0 spiro atoms. The van der Waals surface area contributed by atoms with Gasteiger partial charge in [0, 0.05) is 30.0 Å². The topological polar surface area (TPSA) is 106 Å². The first-order valence-electron chi connectivity index (χ1n) is 11.9. The molecule has 39 heavy (non-hydrogen) atoms. The second-order valence-corrected chi connectivity index (χ2v) is 12.2. The molecular formula is C26H23Cl2N5O4S2. The highest BCUT2D eigenvalue weighted by atomic mass is 35.5. The van der Waals surface area contributed by atoms with Gasteiger partial charge in [0.15, 0.2) is 11.0 Å². The summed E-state index contributed by atoms with van der Waals surface area (Å²) in [5.41, 5.74) is 2.02. The number of ether oxygens (including phenoxy) is 1. The van der Waals surface area contributed by atoms with Crippen LogP contribution in [0.1, 0.15) is 0 Å². The number of anilines is 1. The van der Waals surface area contributed by atoms with E-state index in [1.165, 1.54) is 16.1 Å². The highest BCUT2D eigenvalue weighted by Crippen LogP contribution is 2.30. The van der Waals surface area contributed by atoms with Gasteiger partial charge in [-0.1, -0.05) is 53.2 Å². The Bertz CT molecular complexity index is 1580. The lowest BCUT2D eigenvalue weighted by Gasteiger charge is -2.26. The van der Waals surface area contributed by atoms with Crippen LogP contribution in [0, 0.1) is 0 Å². The van der Waals surface area contributed by atoms with Crippen molar-refractivity contribution in [2.24, 2.45) is 0 Å². The van der Waals surface area contributed by atoms with Crippen molar-refractivity contribution in [2.75, 3.05) is 37.4 Å². The lowest BCUT2D eigenvalue weighted by atomic mass is 10.2. The van der Waals surface area contributed by atoms with Crippen LogP contribution in [-0.4, -0.2) is 65.5 Å². The minimum absolute atomic E-state index is 0.0714. The quantitative estimate of drug-likeness (QED) is 0.283. The molecule has 3 aromatic carbocycles. The van der Waals surface area contributed by atoms with Gasteiger partial charge in [-0.2, -0.15) is 4.31 Å². The number of benzene rings is 3. The lowest BCUT2D eigenvalue weighted by Crippen LogP contribution is -2.40. The molecule has 0 unspecified atom stereocenters. The number of carbonyl (C=O) groups excluding carboxylic acids is 1. The van der Waals surface area contributed by atoms with Crippen molar-refractivity contribution in [1.29, 1.82) is 0 Å². The summed E-state index contributed by atoms with van der Waals surface area (Å²) >= 11 is 13.2. The smallest absolute Gasteiger partial charge is 0.243 e. The number of thioether (sulfide) groups is 1. The highest BCUT2D eigenvalue weighted by molar-refractivity contribution is 7.99. The predicted octanol–water partition coefficient (Wildman–Crippen LogP) is 4.99. The molecule has 0 saturated carbocycles. The van der Waals surface area contributed by atoms with Crippen molar-refractivity contribution in [3.05, 3.63) is 82.8 Å². The van der Waals surface area contributed by atoms with Gasteiger partial charge in [0.25, 0.3) is 0 Å². The summed E-state index contributed by atoms with van der Waals surface area (Å²) in [6.45, 7) is 1.41. The number of hydrogen-bond acceptors (Lipinski definition) is 7. The molecule has 9 nitrogen and oxygen atoms in total. The predicted molar refractivity (Wildman–Crippen MR) is 152 cm³/mol. The molecule has 1 saturated heterocycles. The van der Waals surface area contributed by atoms with E-state index in [0.717, 1.165) is 5.69 Å². The minimum Gasteiger partial charge on any atom is -0.379 e. The van der Waals surface area contributed by atoms with E-state index in [-0.39, 0.29) is 16.6 Å². The van der Waals surface area contributed by atoms with E-state index in [1.807, 2.05) is 34.9 Å². The Morgan fingerprint density at radius 3 is 2.36 bits per heavy atom. The molecule has 1 aromatic heterocycles. The summed E-state index contributed by atoms with van der Waals surface area (Å²) in [5, 5.41) is 12.8. The van der Waals surface area contributed by atoms with Crippen molar-refractivity contribution in [3.63, 3.8) is 0 Å². The standard InChI is InChI=1S/C26H23Cl2N5O4S2/c27-22-11-8-19(16-23(22)28)29-24(34)17-38-26-31-30-25(33(26)20-4-2-1-3-5-20)18-6-9-21(10-7-18)39(35,36)32-12-14-37-15-13-32/h1-11,16H,12-15,17H2,(H,29,34). The normalized spacial score (nSPS) is 14.3. The van der Waals surface area contributed by atoms with Crippen LogP contribution in [-0.2, 0) is 19.6 Å². The molecule has 13 heteroatoms. The van der Waals surface area contributed by atoms with Gasteiger partial charge in [-0.3, -0.25) is 9.36 Å². The third kappa shape index (κ3) is 6.29. The lowest BCUT2D eigenvalue weighted by molar-refractivity contribution is -0.113. The van der Waals surface area contributed by atoms with Crippen LogP contribution in [0.4, 0.5) is 5.69 Å². The first kappa shape index (κ1) is 27.6. The average Bonchev–Trinajstić information content (AvgIpc) is 3.39. The fraction of sp³-hybridized carbons (Fsp3) is 0.192. The van der Waals surface area contributed by atoms with Crippen LogP contribution in [0.3, 0.4) is 0 Å². The van der Waals surface area contributed by atoms with E-state index >= 15 is 0 Å². The van der Waals surface area contributed by atoms with Gasteiger partial charge in [-0.15, -0.1) is 10.2 Å². The Morgan fingerprint density at radius 1 is 0.949 bits per heavy atom. The Labute approximate surface area is 240 Å². The zero-order valence-electron chi connectivity index (χ0n) is 20.5. The largest absolute Gasteiger partial charge is 0.379 e. The van der Waals surface area contributed by atoms with Gasteiger partial charge in [0.2, 0.25) is 15.9 Å². The maximum atomic E-state index is 13.0. The molecule has 2 heterocycles. The number of amides is 1. The van der Waals surface area contributed by atoms with Gasteiger partial charge in [-0.25, -0.2) is 8.42 Å². The van der Waals surface area contributed by atoms with Gasteiger partial charge in [-0.05, 0) is 54.6 Å². The van der Waals surface area contributed by atoms with Crippen LogP contribution in [0.15, 0.2) is 82.8 Å². The summed E-state index contributed by atoms with van der Waals surface area (Å²) in [6.07, 6.45) is 0. The molecule has 5 rings (SSSR count). The van der Waals surface area contributed by atoms with Crippen LogP contribution < -0.4 is 5.32 Å². The number of aromatic nitrogens is 3. The molecule has 1 amide bonds.